The van der Waals surface area contributed by atoms with Crippen LogP contribution in [0, 0.1) is 12.8 Å². The molecule has 6 rings (SSSR count). The van der Waals surface area contributed by atoms with Crippen molar-refractivity contribution in [3.05, 3.63) is 82.1 Å². The van der Waals surface area contributed by atoms with Crippen LogP contribution in [0.4, 0.5) is 0 Å². The number of nitrogens with one attached hydrogen (secondary N) is 1. The fourth-order valence-corrected chi connectivity index (χ4v) is 6.25. The number of aryl methyl sites for hydroxylation is 1. The van der Waals surface area contributed by atoms with E-state index >= 15 is 0 Å². The van der Waals surface area contributed by atoms with Crippen LogP contribution in [-0.4, -0.2) is 81.8 Å². The smallest absolute Gasteiger partial charge is 0.274 e. The maximum Gasteiger partial charge on any atom is 0.274 e. The van der Waals surface area contributed by atoms with E-state index < -0.39 is 5.92 Å². The number of likely N-dealkylation sites (tertiary alicyclic amines) is 1. The Bertz CT molecular complexity index is 1620. The Kier molecular flexibility index (Phi) is 8.09. The second-order valence-corrected chi connectivity index (χ2v) is 11.7. The Morgan fingerprint density at radius 1 is 1.02 bits per heavy atom. The number of carbonyl (C=O) groups is 3. The van der Waals surface area contributed by atoms with Crippen molar-refractivity contribution in [1.82, 2.24) is 30.1 Å². The minimum absolute atomic E-state index is 0.0318. The number of amides is 3. The monoisotopic (exact) mass is 584 g/mol. The number of ether oxygens (including phenoxy) is 1. The van der Waals surface area contributed by atoms with E-state index in [2.05, 4.69) is 20.3 Å². The standard InChI is InChI=1S/C31H32N6O4S/c1-20-34-22(19-42-20)15-29(38)36-11-5-13-41-23-7-4-6-21(14-23)24-17-37(18-25(24)30(39)32-10-12-36)31(40)28-16-33-26-8-2-3-9-27(26)35-28/h2-4,6-9,14,16,19,24-25H,5,10-13,15,17-18H2,1H3,(H,32,39)/t24-,25+/m1/s1. The summed E-state index contributed by atoms with van der Waals surface area (Å²) in [6.45, 7) is 4.20. The molecule has 2 aromatic heterocycles. The maximum atomic E-state index is 13.6. The average molecular weight is 585 g/mol. The van der Waals surface area contributed by atoms with E-state index in [4.69, 9.17) is 4.74 Å². The van der Waals surface area contributed by atoms with Gasteiger partial charge in [0.2, 0.25) is 11.8 Å². The number of aromatic nitrogens is 3. The molecule has 216 valence electrons. The number of para-hydroxylation sites is 2. The summed E-state index contributed by atoms with van der Waals surface area (Å²) in [7, 11) is 0. The number of rotatable bonds is 3. The third-order valence-corrected chi connectivity index (χ3v) is 8.59. The van der Waals surface area contributed by atoms with Crippen LogP contribution in [0.1, 0.15) is 39.1 Å². The Hall–Kier alpha value is -4.38. The van der Waals surface area contributed by atoms with Crippen LogP contribution in [0.15, 0.2) is 60.1 Å². The maximum absolute atomic E-state index is 13.6. The first-order valence-electron chi connectivity index (χ1n) is 14.1. The molecule has 2 atom stereocenters. The first kappa shape index (κ1) is 27.8. The number of nitrogens with zero attached hydrogens (tertiary/aromatic N) is 5. The Morgan fingerprint density at radius 3 is 2.69 bits per heavy atom. The quantitative estimate of drug-likeness (QED) is 0.393. The van der Waals surface area contributed by atoms with Gasteiger partial charge in [-0.3, -0.25) is 19.4 Å². The highest BCUT2D eigenvalue weighted by Crippen LogP contribution is 2.35. The van der Waals surface area contributed by atoms with Crippen molar-refractivity contribution in [1.29, 1.82) is 0 Å². The van der Waals surface area contributed by atoms with E-state index in [0.29, 0.717) is 56.0 Å². The summed E-state index contributed by atoms with van der Waals surface area (Å²) in [6, 6.07) is 15.1. The second kappa shape index (κ2) is 12.2. The molecule has 0 unspecified atom stereocenters. The molecule has 1 saturated heterocycles. The lowest BCUT2D eigenvalue weighted by atomic mass is 9.88. The van der Waals surface area contributed by atoms with E-state index in [0.717, 1.165) is 16.3 Å². The molecule has 2 aliphatic heterocycles. The molecule has 1 fully saturated rings. The molecule has 2 aliphatic rings. The first-order chi connectivity index (χ1) is 20.4. The van der Waals surface area contributed by atoms with Crippen molar-refractivity contribution in [2.75, 3.05) is 39.3 Å². The molecule has 11 heteroatoms. The number of hydrogen-bond acceptors (Lipinski definition) is 8. The number of thiazole rings is 1. The molecule has 0 saturated carbocycles. The third kappa shape index (κ3) is 6.11. The second-order valence-electron chi connectivity index (χ2n) is 10.6. The zero-order valence-electron chi connectivity index (χ0n) is 23.4. The lowest BCUT2D eigenvalue weighted by Gasteiger charge is -2.25. The number of fused-ring (bicyclic) bond motifs is 5. The van der Waals surface area contributed by atoms with Gasteiger partial charge in [0.15, 0.2) is 0 Å². The fraction of sp³-hybridized carbons (Fsp3) is 0.355. The number of hydrogen-bond donors (Lipinski definition) is 1. The number of carbonyl (C=O) groups excluding carboxylic acids is 3. The SMILES string of the molecule is Cc1nc(CC(=O)N2CCCOc3cccc(c3)[C@H]3CN(C(=O)c4cnc5ccccc5n4)C[C@@H]3C(=O)NCC2)cs1. The topological polar surface area (TPSA) is 118 Å². The summed E-state index contributed by atoms with van der Waals surface area (Å²) < 4.78 is 6.05. The number of benzene rings is 2. The molecule has 2 aromatic carbocycles. The van der Waals surface area contributed by atoms with Gasteiger partial charge in [0, 0.05) is 44.0 Å². The largest absolute Gasteiger partial charge is 0.494 e. The van der Waals surface area contributed by atoms with Crippen molar-refractivity contribution in [3.63, 3.8) is 0 Å². The zero-order valence-corrected chi connectivity index (χ0v) is 24.2. The zero-order chi connectivity index (χ0) is 29.1. The van der Waals surface area contributed by atoms with Crippen molar-refractivity contribution in [2.24, 2.45) is 5.92 Å². The lowest BCUT2D eigenvalue weighted by molar-refractivity contribution is -0.131. The van der Waals surface area contributed by atoms with E-state index in [1.165, 1.54) is 17.5 Å². The molecule has 42 heavy (non-hydrogen) atoms. The molecule has 4 aromatic rings. The van der Waals surface area contributed by atoms with Gasteiger partial charge >= 0.3 is 0 Å². The molecular weight excluding hydrogens is 552 g/mol. The minimum atomic E-state index is -0.470. The van der Waals surface area contributed by atoms with E-state index in [1.807, 2.05) is 60.8 Å². The van der Waals surface area contributed by atoms with Crippen LogP contribution in [0.25, 0.3) is 11.0 Å². The summed E-state index contributed by atoms with van der Waals surface area (Å²) in [6.07, 6.45) is 2.37. The summed E-state index contributed by atoms with van der Waals surface area (Å²) in [5.41, 5.74) is 3.32. The van der Waals surface area contributed by atoms with Gasteiger partial charge in [-0.2, -0.15) is 0 Å². The fourth-order valence-electron chi connectivity index (χ4n) is 5.64. The highest BCUT2D eigenvalue weighted by Gasteiger charge is 2.41. The van der Waals surface area contributed by atoms with Gasteiger partial charge in [-0.05, 0) is 43.2 Å². The van der Waals surface area contributed by atoms with Gasteiger partial charge in [-0.15, -0.1) is 11.3 Å². The van der Waals surface area contributed by atoms with Crippen LogP contribution in [0.3, 0.4) is 0 Å². The van der Waals surface area contributed by atoms with Gasteiger partial charge in [0.1, 0.15) is 11.4 Å². The van der Waals surface area contributed by atoms with E-state index in [9.17, 15) is 14.4 Å². The molecule has 3 amide bonds. The first-order valence-corrected chi connectivity index (χ1v) is 15.0. The third-order valence-electron chi connectivity index (χ3n) is 7.77. The minimum Gasteiger partial charge on any atom is -0.494 e. The highest BCUT2D eigenvalue weighted by molar-refractivity contribution is 7.09. The normalized spacial score (nSPS) is 19.5. The van der Waals surface area contributed by atoms with Crippen molar-refractivity contribution < 1.29 is 19.1 Å². The molecular formula is C31H32N6O4S. The van der Waals surface area contributed by atoms with Gasteiger partial charge in [0.05, 0.1) is 46.9 Å². The summed E-state index contributed by atoms with van der Waals surface area (Å²) in [4.78, 5) is 57.1. The molecule has 0 radical (unpaired) electrons. The summed E-state index contributed by atoms with van der Waals surface area (Å²) >= 11 is 1.52. The predicted molar refractivity (Wildman–Crippen MR) is 158 cm³/mol. The van der Waals surface area contributed by atoms with E-state index in [-0.39, 0.29) is 42.3 Å². The van der Waals surface area contributed by atoms with Crippen molar-refractivity contribution in [3.8, 4) is 5.75 Å². The molecule has 4 heterocycles. The highest BCUT2D eigenvalue weighted by atomic mass is 32.1. The Labute approximate surface area is 247 Å². The Morgan fingerprint density at radius 2 is 1.86 bits per heavy atom. The van der Waals surface area contributed by atoms with Crippen LogP contribution >= 0.6 is 11.3 Å². The molecule has 10 nitrogen and oxygen atoms in total. The van der Waals surface area contributed by atoms with E-state index in [1.54, 1.807) is 9.80 Å². The molecule has 0 spiro atoms. The predicted octanol–water partition coefficient (Wildman–Crippen LogP) is 3.22. The molecule has 0 aliphatic carbocycles. The van der Waals surface area contributed by atoms with Gasteiger partial charge in [-0.1, -0.05) is 24.3 Å². The van der Waals surface area contributed by atoms with Crippen molar-refractivity contribution >= 4 is 40.1 Å². The molecule has 1 N–H and O–H groups in total. The summed E-state index contributed by atoms with van der Waals surface area (Å²) in [5, 5.41) is 5.88. The van der Waals surface area contributed by atoms with Crippen LogP contribution in [-0.2, 0) is 16.0 Å². The van der Waals surface area contributed by atoms with Crippen LogP contribution < -0.4 is 10.1 Å². The average Bonchev–Trinajstić information content (AvgIpc) is 3.63. The van der Waals surface area contributed by atoms with Gasteiger partial charge < -0.3 is 19.9 Å². The van der Waals surface area contributed by atoms with Crippen LogP contribution in [0.2, 0.25) is 0 Å². The summed E-state index contributed by atoms with van der Waals surface area (Å²) in [5.74, 6) is -0.429. The lowest BCUT2D eigenvalue weighted by Crippen LogP contribution is -2.42. The molecule has 2 bridgehead atoms. The van der Waals surface area contributed by atoms with Crippen molar-refractivity contribution in [2.45, 2.75) is 25.7 Å². The van der Waals surface area contributed by atoms with Crippen LogP contribution in [0.5, 0.6) is 5.75 Å². The Balaban J connectivity index is 1.21. The van der Waals surface area contributed by atoms with Gasteiger partial charge in [-0.25, -0.2) is 9.97 Å². The van der Waals surface area contributed by atoms with Gasteiger partial charge in [0.25, 0.3) is 5.91 Å².